The van der Waals surface area contributed by atoms with Gasteiger partial charge < -0.3 is 15.5 Å². The SMILES string of the molecule is Cc1nc(NCCN(C)C)cc(C(=O)Nc2cccc(C#N)c2)n1. The van der Waals surface area contributed by atoms with Crippen LogP contribution in [0.1, 0.15) is 21.9 Å². The van der Waals surface area contributed by atoms with Crippen LogP contribution in [-0.4, -0.2) is 48.0 Å². The topological polar surface area (TPSA) is 93.9 Å². The largest absolute Gasteiger partial charge is 0.369 e. The second-order valence-electron chi connectivity index (χ2n) is 5.56. The summed E-state index contributed by atoms with van der Waals surface area (Å²) in [7, 11) is 3.97. The Bertz CT molecular complexity index is 766. The maximum atomic E-state index is 12.4. The van der Waals surface area contributed by atoms with Gasteiger partial charge in [-0.2, -0.15) is 5.26 Å². The van der Waals surface area contributed by atoms with Crippen molar-refractivity contribution in [1.29, 1.82) is 5.26 Å². The summed E-state index contributed by atoms with van der Waals surface area (Å²) in [6, 6.07) is 10.4. The molecule has 1 heterocycles. The second-order valence-corrected chi connectivity index (χ2v) is 5.56. The first kappa shape index (κ1) is 17.4. The molecule has 2 rings (SSSR count). The fourth-order valence-corrected chi connectivity index (χ4v) is 2.04. The lowest BCUT2D eigenvalue weighted by Gasteiger charge is -2.12. The van der Waals surface area contributed by atoms with Gasteiger partial charge in [0, 0.05) is 24.8 Å². The summed E-state index contributed by atoms with van der Waals surface area (Å²) >= 11 is 0. The van der Waals surface area contributed by atoms with E-state index in [2.05, 4.69) is 25.5 Å². The molecule has 0 aliphatic heterocycles. The van der Waals surface area contributed by atoms with Gasteiger partial charge in [-0.15, -0.1) is 0 Å². The van der Waals surface area contributed by atoms with Crippen molar-refractivity contribution >= 4 is 17.4 Å². The van der Waals surface area contributed by atoms with E-state index in [9.17, 15) is 4.79 Å². The minimum Gasteiger partial charge on any atom is -0.369 e. The van der Waals surface area contributed by atoms with Gasteiger partial charge >= 0.3 is 0 Å². The molecule has 24 heavy (non-hydrogen) atoms. The van der Waals surface area contributed by atoms with E-state index in [0.717, 1.165) is 6.54 Å². The molecule has 0 radical (unpaired) electrons. The van der Waals surface area contributed by atoms with E-state index in [1.807, 2.05) is 20.2 Å². The molecule has 0 fully saturated rings. The Morgan fingerprint density at radius 1 is 1.29 bits per heavy atom. The van der Waals surface area contributed by atoms with Gasteiger partial charge in [-0.3, -0.25) is 4.79 Å². The van der Waals surface area contributed by atoms with E-state index in [4.69, 9.17) is 5.26 Å². The quantitative estimate of drug-likeness (QED) is 0.842. The van der Waals surface area contributed by atoms with Gasteiger partial charge in [0.15, 0.2) is 0 Å². The van der Waals surface area contributed by atoms with Gasteiger partial charge in [-0.1, -0.05) is 6.07 Å². The summed E-state index contributed by atoms with van der Waals surface area (Å²) in [6.45, 7) is 3.31. The van der Waals surface area contributed by atoms with Crippen LogP contribution in [0.15, 0.2) is 30.3 Å². The lowest BCUT2D eigenvalue weighted by molar-refractivity contribution is 0.102. The Labute approximate surface area is 141 Å². The monoisotopic (exact) mass is 324 g/mol. The van der Waals surface area contributed by atoms with Crippen molar-refractivity contribution in [2.75, 3.05) is 37.8 Å². The van der Waals surface area contributed by atoms with Crippen molar-refractivity contribution in [3.05, 3.63) is 47.4 Å². The molecule has 1 aromatic carbocycles. The molecule has 2 aromatic rings. The summed E-state index contributed by atoms with van der Waals surface area (Å²) in [5, 5.41) is 14.8. The molecule has 0 aliphatic rings. The summed E-state index contributed by atoms with van der Waals surface area (Å²) < 4.78 is 0. The highest BCUT2D eigenvalue weighted by Gasteiger charge is 2.11. The molecule has 124 valence electrons. The Hall–Kier alpha value is -2.98. The maximum absolute atomic E-state index is 12.4. The normalized spacial score (nSPS) is 10.3. The third-order valence-corrected chi connectivity index (χ3v) is 3.19. The van der Waals surface area contributed by atoms with Gasteiger partial charge in [-0.05, 0) is 39.2 Å². The van der Waals surface area contributed by atoms with E-state index < -0.39 is 0 Å². The number of carbonyl (C=O) groups is 1. The van der Waals surface area contributed by atoms with Gasteiger partial charge in [0.25, 0.3) is 5.91 Å². The minimum atomic E-state index is -0.341. The predicted octanol–water partition coefficient (Wildman–Crippen LogP) is 1.88. The number of amides is 1. The number of hydrogen-bond donors (Lipinski definition) is 2. The lowest BCUT2D eigenvalue weighted by atomic mass is 10.2. The zero-order chi connectivity index (χ0) is 17.5. The molecule has 0 saturated heterocycles. The number of anilines is 2. The van der Waals surface area contributed by atoms with E-state index >= 15 is 0 Å². The number of rotatable bonds is 6. The average Bonchev–Trinajstić information content (AvgIpc) is 2.54. The highest BCUT2D eigenvalue weighted by atomic mass is 16.1. The van der Waals surface area contributed by atoms with E-state index in [0.29, 0.717) is 29.4 Å². The van der Waals surface area contributed by atoms with Crippen molar-refractivity contribution in [2.24, 2.45) is 0 Å². The Balaban J connectivity index is 2.11. The number of nitrogens with zero attached hydrogens (tertiary/aromatic N) is 4. The molecular weight excluding hydrogens is 304 g/mol. The minimum absolute atomic E-state index is 0.275. The van der Waals surface area contributed by atoms with Crippen LogP contribution in [-0.2, 0) is 0 Å². The first-order chi connectivity index (χ1) is 11.5. The van der Waals surface area contributed by atoms with Crippen molar-refractivity contribution in [1.82, 2.24) is 14.9 Å². The number of aryl methyl sites for hydroxylation is 1. The van der Waals surface area contributed by atoms with E-state index in [1.165, 1.54) is 0 Å². The van der Waals surface area contributed by atoms with Crippen LogP contribution < -0.4 is 10.6 Å². The average molecular weight is 324 g/mol. The first-order valence-corrected chi connectivity index (χ1v) is 7.54. The Kier molecular flexibility index (Phi) is 5.82. The van der Waals surface area contributed by atoms with E-state index in [1.54, 1.807) is 37.3 Å². The third kappa shape index (κ3) is 5.04. The zero-order valence-electron chi connectivity index (χ0n) is 14.0. The van der Waals surface area contributed by atoms with Crippen molar-refractivity contribution in [2.45, 2.75) is 6.92 Å². The number of likely N-dealkylation sites (N-methyl/N-ethyl adjacent to an activating group) is 1. The molecule has 0 spiro atoms. The van der Waals surface area contributed by atoms with E-state index in [-0.39, 0.29) is 11.6 Å². The van der Waals surface area contributed by atoms with Crippen LogP contribution in [0.2, 0.25) is 0 Å². The number of carbonyl (C=O) groups excluding carboxylic acids is 1. The van der Waals surface area contributed by atoms with Crippen molar-refractivity contribution in [3.8, 4) is 6.07 Å². The summed E-state index contributed by atoms with van der Waals surface area (Å²) in [6.07, 6.45) is 0. The lowest BCUT2D eigenvalue weighted by Crippen LogP contribution is -2.22. The third-order valence-electron chi connectivity index (χ3n) is 3.19. The summed E-state index contributed by atoms with van der Waals surface area (Å²) in [5.41, 5.74) is 1.31. The number of aromatic nitrogens is 2. The molecule has 0 unspecified atom stereocenters. The molecule has 0 bridgehead atoms. The Morgan fingerprint density at radius 3 is 2.79 bits per heavy atom. The molecule has 1 aromatic heterocycles. The fraction of sp³-hybridized carbons (Fsp3) is 0.294. The number of nitriles is 1. The number of benzene rings is 1. The molecule has 7 nitrogen and oxygen atoms in total. The standard InChI is InChI=1S/C17H20N6O/c1-12-20-15(10-16(21-12)19-7-8-23(2)3)17(24)22-14-6-4-5-13(9-14)11-18/h4-6,9-10H,7-8H2,1-3H3,(H,22,24)(H,19,20,21). The predicted molar refractivity (Wildman–Crippen MR) is 92.9 cm³/mol. The molecule has 0 saturated carbocycles. The van der Waals surface area contributed by atoms with Gasteiger partial charge in [-0.25, -0.2) is 9.97 Å². The van der Waals surface area contributed by atoms with Crippen LogP contribution in [0.4, 0.5) is 11.5 Å². The highest BCUT2D eigenvalue weighted by Crippen LogP contribution is 2.13. The van der Waals surface area contributed by atoms with Gasteiger partial charge in [0.05, 0.1) is 11.6 Å². The van der Waals surface area contributed by atoms with Gasteiger partial charge in [0.2, 0.25) is 0 Å². The van der Waals surface area contributed by atoms with Crippen molar-refractivity contribution in [3.63, 3.8) is 0 Å². The molecule has 1 amide bonds. The maximum Gasteiger partial charge on any atom is 0.274 e. The zero-order valence-corrected chi connectivity index (χ0v) is 14.0. The van der Waals surface area contributed by atoms with Crippen LogP contribution in [0.25, 0.3) is 0 Å². The summed E-state index contributed by atoms with van der Waals surface area (Å²) in [4.78, 5) is 22.9. The number of hydrogen-bond acceptors (Lipinski definition) is 6. The van der Waals surface area contributed by atoms with Crippen LogP contribution in [0, 0.1) is 18.3 Å². The van der Waals surface area contributed by atoms with Gasteiger partial charge in [0.1, 0.15) is 17.3 Å². The Morgan fingerprint density at radius 2 is 2.08 bits per heavy atom. The first-order valence-electron chi connectivity index (χ1n) is 7.54. The molecule has 0 atom stereocenters. The summed E-state index contributed by atoms with van der Waals surface area (Å²) in [5.74, 6) is 0.785. The number of nitrogens with one attached hydrogen (secondary N) is 2. The molecular formula is C17H20N6O. The molecule has 2 N–H and O–H groups in total. The second kappa shape index (κ2) is 8.04. The van der Waals surface area contributed by atoms with Crippen molar-refractivity contribution < 1.29 is 4.79 Å². The van der Waals surface area contributed by atoms with Crippen LogP contribution in [0.3, 0.4) is 0 Å². The van der Waals surface area contributed by atoms with Crippen LogP contribution >= 0.6 is 0 Å². The van der Waals surface area contributed by atoms with Crippen LogP contribution in [0.5, 0.6) is 0 Å². The molecule has 7 heteroatoms. The molecule has 0 aliphatic carbocycles. The highest BCUT2D eigenvalue weighted by molar-refractivity contribution is 6.03. The smallest absolute Gasteiger partial charge is 0.274 e. The fourth-order valence-electron chi connectivity index (χ4n) is 2.04.